The Labute approximate surface area is 80.6 Å². The molecule has 0 radical (unpaired) electrons. The minimum Gasteiger partial charge on any atom is -0.378 e. The topological polar surface area (TPSA) is 15.7 Å². The zero-order chi connectivity index (χ0) is 9.26. The van der Waals surface area contributed by atoms with Crippen LogP contribution < -0.4 is 0 Å². The zero-order valence-electron chi connectivity index (χ0n) is 8.70. The van der Waals surface area contributed by atoms with Crippen LogP contribution in [-0.4, -0.2) is 62.8 Å². The molecule has 76 valence electrons. The van der Waals surface area contributed by atoms with E-state index in [4.69, 9.17) is 4.74 Å². The lowest BCUT2D eigenvalue weighted by atomic mass is 9.97. The first-order valence-electron chi connectivity index (χ1n) is 5.24. The van der Waals surface area contributed by atoms with Crippen LogP contribution in [0.4, 0.5) is 0 Å². The molecule has 2 atom stereocenters. The molecule has 2 aliphatic heterocycles. The first-order valence-corrected chi connectivity index (χ1v) is 5.24. The third-order valence-electron chi connectivity index (χ3n) is 3.42. The van der Waals surface area contributed by atoms with Gasteiger partial charge < -0.3 is 9.64 Å². The predicted octanol–water partition coefficient (Wildman–Crippen LogP) is 0.269. The molecule has 2 rings (SSSR count). The highest BCUT2D eigenvalue weighted by atomic mass is 16.5. The molecule has 2 saturated heterocycles. The second-order valence-corrected chi connectivity index (χ2v) is 4.43. The molecular formula is C10H20N2O. The molecule has 2 aliphatic rings. The Balaban J connectivity index is 1.91. The molecule has 0 aromatic heterocycles. The van der Waals surface area contributed by atoms with Crippen molar-refractivity contribution < 1.29 is 4.74 Å². The molecule has 0 aromatic rings. The van der Waals surface area contributed by atoms with E-state index in [2.05, 4.69) is 23.9 Å². The fraction of sp³-hybridized carbons (Fsp3) is 1.00. The summed E-state index contributed by atoms with van der Waals surface area (Å²) in [7, 11) is 4.44. The smallest absolute Gasteiger partial charge is 0.0625 e. The van der Waals surface area contributed by atoms with Crippen LogP contribution in [0.25, 0.3) is 0 Å². The molecule has 0 spiro atoms. The normalized spacial score (nSPS) is 38.3. The van der Waals surface area contributed by atoms with Gasteiger partial charge in [0.1, 0.15) is 0 Å². The summed E-state index contributed by atoms with van der Waals surface area (Å²) in [5, 5.41) is 0. The third-order valence-corrected chi connectivity index (χ3v) is 3.42. The molecule has 0 N–H and O–H groups in total. The van der Waals surface area contributed by atoms with Gasteiger partial charge in [-0.15, -0.1) is 0 Å². The van der Waals surface area contributed by atoms with Crippen molar-refractivity contribution in [3.63, 3.8) is 0 Å². The van der Waals surface area contributed by atoms with Crippen LogP contribution in [0, 0.1) is 5.92 Å². The number of likely N-dealkylation sites (tertiary alicyclic amines) is 1. The quantitative estimate of drug-likeness (QED) is 0.582. The highest BCUT2D eigenvalue weighted by Gasteiger charge is 2.32. The highest BCUT2D eigenvalue weighted by molar-refractivity contribution is 4.86. The van der Waals surface area contributed by atoms with Crippen LogP contribution in [0.2, 0.25) is 0 Å². The molecule has 13 heavy (non-hydrogen) atoms. The standard InChI is InChI=1S/C10H20N2O/c1-11-4-3-9(7-11)10-8-13-6-5-12(10)2/h9-10H,3-8H2,1-2H3. The molecular weight excluding hydrogens is 164 g/mol. The lowest BCUT2D eigenvalue weighted by Gasteiger charge is -2.36. The van der Waals surface area contributed by atoms with Crippen molar-refractivity contribution in [1.29, 1.82) is 0 Å². The van der Waals surface area contributed by atoms with Crippen molar-refractivity contribution in [2.24, 2.45) is 5.92 Å². The Morgan fingerprint density at radius 3 is 2.69 bits per heavy atom. The number of morpholine rings is 1. The molecule has 2 unspecified atom stereocenters. The lowest BCUT2D eigenvalue weighted by molar-refractivity contribution is -0.0151. The first-order chi connectivity index (χ1) is 6.27. The Kier molecular flexibility index (Phi) is 2.86. The first kappa shape index (κ1) is 9.44. The van der Waals surface area contributed by atoms with Gasteiger partial charge in [-0.3, -0.25) is 4.90 Å². The molecule has 3 nitrogen and oxygen atoms in total. The summed E-state index contributed by atoms with van der Waals surface area (Å²) in [6, 6.07) is 0.665. The second-order valence-electron chi connectivity index (χ2n) is 4.43. The van der Waals surface area contributed by atoms with Crippen LogP contribution >= 0.6 is 0 Å². The van der Waals surface area contributed by atoms with Gasteiger partial charge >= 0.3 is 0 Å². The van der Waals surface area contributed by atoms with Crippen molar-refractivity contribution in [2.45, 2.75) is 12.5 Å². The minimum atomic E-state index is 0.665. The van der Waals surface area contributed by atoms with Gasteiger partial charge in [0, 0.05) is 19.1 Å². The predicted molar refractivity (Wildman–Crippen MR) is 52.8 cm³/mol. The van der Waals surface area contributed by atoms with Gasteiger partial charge in [-0.05, 0) is 33.0 Å². The van der Waals surface area contributed by atoms with Crippen molar-refractivity contribution in [3.05, 3.63) is 0 Å². The third kappa shape index (κ3) is 2.03. The van der Waals surface area contributed by atoms with Gasteiger partial charge in [0.25, 0.3) is 0 Å². The summed E-state index contributed by atoms with van der Waals surface area (Å²) in [6.45, 7) is 5.46. The summed E-state index contributed by atoms with van der Waals surface area (Å²) < 4.78 is 5.54. The van der Waals surface area contributed by atoms with Gasteiger partial charge in [-0.25, -0.2) is 0 Å². The van der Waals surface area contributed by atoms with E-state index in [-0.39, 0.29) is 0 Å². The van der Waals surface area contributed by atoms with E-state index < -0.39 is 0 Å². The van der Waals surface area contributed by atoms with Gasteiger partial charge in [0.2, 0.25) is 0 Å². The largest absolute Gasteiger partial charge is 0.378 e. The molecule has 0 aromatic carbocycles. The van der Waals surface area contributed by atoms with E-state index in [0.717, 1.165) is 25.7 Å². The number of likely N-dealkylation sites (N-methyl/N-ethyl adjacent to an activating group) is 1. The van der Waals surface area contributed by atoms with Crippen LogP contribution in [0.5, 0.6) is 0 Å². The number of ether oxygens (including phenoxy) is 1. The number of hydrogen-bond acceptors (Lipinski definition) is 3. The van der Waals surface area contributed by atoms with Crippen LogP contribution in [-0.2, 0) is 4.74 Å². The highest BCUT2D eigenvalue weighted by Crippen LogP contribution is 2.23. The van der Waals surface area contributed by atoms with E-state index in [0.29, 0.717) is 6.04 Å². The Morgan fingerprint density at radius 2 is 2.08 bits per heavy atom. The fourth-order valence-electron chi connectivity index (χ4n) is 2.48. The summed E-state index contributed by atoms with van der Waals surface area (Å²) in [4.78, 5) is 4.89. The fourth-order valence-corrected chi connectivity index (χ4v) is 2.48. The van der Waals surface area contributed by atoms with Crippen molar-refractivity contribution in [3.8, 4) is 0 Å². The van der Waals surface area contributed by atoms with Crippen LogP contribution in [0.1, 0.15) is 6.42 Å². The maximum atomic E-state index is 5.54. The monoisotopic (exact) mass is 184 g/mol. The number of nitrogens with zero attached hydrogens (tertiary/aromatic N) is 2. The molecule has 3 heteroatoms. The average molecular weight is 184 g/mol. The molecule has 2 heterocycles. The summed E-state index contributed by atoms with van der Waals surface area (Å²) >= 11 is 0. The van der Waals surface area contributed by atoms with E-state index in [9.17, 15) is 0 Å². The molecule has 2 fully saturated rings. The molecule has 0 saturated carbocycles. The summed E-state index contributed by atoms with van der Waals surface area (Å²) in [5.41, 5.74) is 0. The summed E-state index contributed by atoms with van der Waals surface area (Å²) in [5.74, 6) is 0.829. The Bertz CT molecular complexity index is 174. The number of rotatable bonds is 1. The molecule has 0 bridgehead atoms. The Morgan fingerprint density at radius 1 is 1.23 bits per heavy atom. The maximum Gasteiger partial charge on any atom is 0.0625 e. The van der Waals surface area contributed by atoms with Gasteiger partial charge in [-0.2, -0.15) is 0 Å². The number of hydrogen-bond donors (Lipinski definition) is 0. The van der Waals surface area contributed by atoms with Gasteiger partial charge in [0.15, 0.2) is 0 Å². The lowest BCUT2D eigenvalue weighted by Crippen LogP contribution is -2.47. The van der Waals surface area contributed by atoms with Crippen molar-refractivity contribution >= 4 is 0 Å². The van der Waals surface area contributed by atoms with E-state index in [1.165, 1.54) is 19.5 Å². The average Bonchev–Trinajstić information content (AvgIpc) is 2.53. The minimum absolute atomic E-state index is 0.665. The Hall–Kier alpha value is -0.120. The van der Waals surface area contributed by atoms with E-state index in [1.54, 1.807) is 0 Å². The zero-order valence-corrected chi connectivity index (χ0v) is 8.70. The SMILES string of the molecule is CN1CCC(C2COCCN2C)C1. The summed E-state index contributed by atoms with van der Waals surface area (Å²) in [6.07, 6.45) is 1.34. The van der Waals surface area contributed by atoms with Crippen molar-refractivity contribution in [1.82, 2.24) is 9.80 Å². The van der Waals surface area contributed by atoms with Gasteiger partial charge in [-0.1, -0.05) is 0 Å². The maximum absolute atomic E-state index is 5.54. The van der Waals surface area contributed by atoms with Gasteiger partial charge in [0.05, 0.1) is 13.2 Å². The molecule has 0 aliphatic carbocycles. The molecule has 0 amide bonds. The van der Waals surface area contributed by atoms with E-state index >= 15 is 0 Å². The van der Waals surface area contributed by atoms with Crippen LogP contribution in [0.3, 0.4) is 0 Å². The van der Waals surface area contributed by atoms with Crippen molar-refractivity contribution in [2.75, 3.05) is 46.9 Å². The van der Waals surface area contributed by atoms with Crippen LogP contribution in [0.15, 0.2) is 0 Å². The second kappa shape index (κ2) is 3.95. The van der Waals surface area contributed by atoms with E-state index in [1.807, 2.05) is 0 Å².